The van der Waals surface area contributed by atoms with Crippen LogP contribution in [-0.2, 0) is 0 Å². The van der Waals surface area contributed by atoms with Gasteiger partial charge in [0.05, 0.1) is 5.97 Å². The molecule has 0 aliphatic heterocycles. The number of rotatable bonds is 4. The van der Waals surface area contributed by atoms with Crippen molar-refractivity contribution in [2.75, 3.05) is 0 Å². The van der Waals surface area contributed by atoms with Crippen molar-refractivity contribution in [3.05, 3.63) is 35.9 Å². The molecular formula is C13H10F3O4-. The van der Waals surface area contributed by atoms with E-state index in [1.54, 1.807) is 6.08 Å². The standard InChI is InChI=1S/C13H11F3O4/c14-13(15,16)20-10-6-5-8(12(17)18)7-11(10)19-9-3-1-2-4-9/h1,3,5-7,9H,2,4H2,(H,17,18)/p-1. The van der Waals surface area contributed by atoms with Crippen molar-refractivity contribution in [3.63, 3.8) is 0 Å². The minimum absolute atomic E-state index is 0.277. The largest absolute Gasteiger partial charge is 0.573 e. The molecule has 1 aromatic carbocycles. The summed E-state index contributed by atoms with van der Waals surface area (Å²) in [5.74, 6) is -2.36. The number of allylic oxidation sites excluding steroid dienone is 1. The van der Waals surface area contributed by atoms with Crippen LogP contribution in [0.3, 0.4) is 0 Å². The molecule has 1 aliphatic rings. The molecule has 1 aromatic rings. The second kappa shape index (κ2) is 5.44. The molecule has 7 heteroatoms. The number of ether oxygens (including phenoxy) is 2. The van der Waals surface area contributed by atoms with E-state index in [2.05, 4.69) is 4.74 Å². The number of hydrogen-bond acceptors (Lipinski definition) is 4. The van der Waals surface area contributed by atoms with Gasteiger partial charge in [-0.05, 0) is 37.1 Å². The minimum atomic E-state index is -4.88. The van der Waals surface area contributed by atoms with Crippen LogP contribution in [0.5, 0.6) is 11.5 Å². The van der Waals surface area contributed by atoms with Crippen LogP contribution in [0, 0.1) is 0 Å². The number of carbonyl (C=O) groups excluding carboxylic acids is 1. The van der Waals surface area contributed by atoms with Crippen molar-refractivity contribution in [2.24, 2.45) is 0 Å². The molecule has 4 nitrogen and oxygen atoms in total. The summed E-state index contributed by atoms with van der Waals surface area (Å²) < 4.78 is 46.0. The highest BCUT2D eigenvalue weighted by Gasteiger charge is 2.33. The van der Waals surface area contributed by atoms with Crippen molar-refractivity contribution in [1.82, 2.24) is 0 Å². The van der Waals surface area contributed by atoms with Gasteiger partial charge in [-0.15, -0.1) is 13.2 Å². The lowest BCUT2D eigenvalue weighted by molar-refractivity contribution is -0.275. The van der Waals surface area contributed by atoms with Gasteiger partial charge in [-0.3, -0.25) is 0 Å². The molecule has 0 saturated carbocycles. The predicted molar refractivity (Wildman–Crippen MR) is 60.2 cm³/mol. The summed E-state index contributed by atoms with van der Waals surface area (Å²) in [4.78, 5) is 10.7. The Bertz CT molecular complexity index is 537. The number of carboxylic acid groups (broad SMARTS) is 1. The van der Waals surface area contributed by atoms with Gasteiger partial charge in [-0.2, -0.15) is 0 Å². The SMILES string of the molecule is O=C([O-])c1ccc(OC(F)(F)F)c(OC2C=CCC2)c1. The maximum atomic E-state index is 12.3. The number of halogens is 3. The van der Waals surface area contributed by atoms with Gasteiger partial charge in [0, 0.05) is 5.56 Å². The molecule has 20 heavy (non-hydrogen) atoms. The Labute approximate surface area is 112 Å². The molecule has 0 spiro atoms. The van der Waals surface area contributed by atoms with Crippen LogP contribution in [0.25, 0.3) is 0 Å². The van der Waals surface area contributed by atoms with Crippen molar-refractivity contribution in [1.29, 1.82) is 0 Å². The molecule has 0 amide bonds. The zero-order chi connectivity index (χ0) is 14.8. The lowest BCUT2D eigenvalue weighted by Crippen LogP contribution is -2.23. The van der Waals surface area contributed by atoms with Gasteiger partial charge in [-0.1, -0.05) is 6.08 Å². The first kappa shape index (κ1) is 14.2. The first-order valence-electron chi connectivity index (χ1n) is 5.79. The van der Waals surface area contributed by atoms with E-state index >= 15 is 0 Å². The van der Waals surface area contributed by atoms with Gasteiger partial charge in [0.25, 0.3) is 0 Å². The van der Waals surface area contributed by atoms with E-state index < -0.39 is 24.2 Å². The number of benzene rings is 1. The average molecular weight is 287 g/mol. The van der Waals surface area contributed by atoms with Gasteiger partial charge < -0.3 is 19.4 Å². The fraction of sp³-hybridized carbons (Fsp3) is 0.308. The van der Waals surface area contributed by atoms with Crippen molar-refractivity contribution < 1.29 is 32.5 Å². The van der Waals surface area contributed by atoms with Gasteiger partial charge in [0.1, 0.15) is 6.10 Å². The van der Waals surface area contributed by atoms with Gasteiger partial charge in [0.15, 0.2) is 11.5 Å². The zero-order valence-electron chi connectivity index (χ0n) is 10.1. The third-order valence-electron chi connectivity index (χ3n) is 2.65. The third kappa shape index (κ3) is 3.66. The molecule has 0 radical (unpaired) electrons. The number of carbonyl (C=O) groups is 1. The van der Waals surface area contributed by atoms with E-state index in [0.29, 0.717) is 6.42 Å². The van der Waals surface area contributed by atoms with Crippen LogP contribution >= 0.6 is 0 Å². The van der Waals surface area contributed by atoms with Crippen LogP contribution in [-0.4, -0.2) is 18.4 Å². The summed E-state index contributed by atoms with van der Waals surface area (Å²) in [6, 6.07) is 2.82. The molecule has 0 aromatic heterocycles. The summed E-state index contributed by atoms with van der Waals surface area (Å²) in [6.45, 7) is 0. The van der Waals surface area contributed by atoms with Crippen LogP contribution < -0.4 is 14.6 Å². The average Bonchev–Trinajstić information content (AvgIpc) is 2.82. The van der Waals surface area contributed by atoms with Crippen LogP contribution in [0.15, 0.2) is 30.4 Å². The highest BCUT2D eigenvalue weighted by Crippen LogP contribution is 2.34. The molecule has 0 fully saturated rings. The van der Waals surface area contributed by atoms with Crippen LogP contribution in [0.1, 0.15) is 23.2 Å². The topological polar surface area (TPSA) is 58.6 Å². The number of carboxylic acids is 1. The lowest BCUT2D eigenvalue weighted by Gasteiger charge is -2.18. The fourth-order valence-corrected chi connectivity index (χ4v) is 1.80. The van der Waals surface area contributed by atoms with E-state index in [0.717, 1.165) is 24.6 Å². The fourth-order valence-electron chi connectivity index (χ4n) is 1.80. The Morgan fingerprint density at radius 1 is 1.30 bits per heavy atom. The number of hydrogen-bond donors (Lipinski definition) is 0. The summed E-state index contributed by atoms with van der Waals surface area (Å²) in [5.41, 5.74) is -0.281. The molecule has 1 unspecified atom stereocenters. The van der Waals surface area contributed by atoms with Crippen molar-refractivity contribution >= 4 is 5.97 Å². The van der Waals surface area contributed by atoms with E-state index in [4.69, 9.17) is 4.74 Å². The monoisotopic (exact) mass is 287 g/mol. The summed E-state index contributed by atoms with van der Waals surface area (Å²) >= 11 is 0. The quantitative estimate of drug-likeness (QED) is 0.795. The molecule has 0 bridgehead atoms. The molecule has 2 rings (SSSR count). The van der Waals surface area contributed by atoms with E-state index in [9.17, 15) is 23.1 Å². The molecule has 0 saturated heterocycles. The minimum Gasteiger partial charge on any atom is -0.545 e. The highest BCUT2D eigenvalue weighted by atomic mass is 19.4. The van der Waals surface area contributed by atoms with Crippen molar-refractivity contribution in [2.45, 2.75) is 25.3 Å². The third-order valence-corrected chi connectivity index (χ3v) is 2.65. The Morgan fingerprint density at radius 2 is 2.05 bits per heavy atom. The zero-order valence-corrected chi connectivity index (χ0v) is 10.1. The number of aromatic carboxylic acids is 1. The van der Waals surface area contributed by atoms with E-state index in [-0.39, 0.29) is 11.3 Å². The Kier molecular flexibility index (Phi) is 3.87. The smallest absolute Gasteiger partial charge is 0.545 e. The highest BCUT2D eigenvalue weighted by molar-refractivity contribution is 5.86. The first-order valence-corrected chi connectivity index (χ1v) is 5.79. The summed E-state index contributed by atoms with van der Waals surface area (Å²) in [6.07, 6.45) is -0.392. The first-order chi connectivity index (χ1) is 9.35. The Hall–Kier alpha value is -2.18. The Balaban J connectivity index is 2.29. The molecule has 1 atom stereocenters. The van der Waals surface area contributed by atoms with E-state index in [1.165, 1.54) is 0 Å². The number of alkyl halides is 3. The molecule has 108 valence electrons. The molecule has 0 heterocycles. The normalized spacial score (nSPS) is 18.1. The second-order valence-corrected chi connectivity index (χ2v) is 4.16. The summed E-state index contributed by atoms with van der Waals surface area (Å²) in [5, 5.41) is 10.7. The van der Waals surface area contributed by atoms with Gasteiger partial charge in [0.2, 0.25) is 0 Å². The summed E-state index contributed by atoms with van der Waals surface area (Å²) in [7, 11) is 0. The molecule has 1 aliphatic carbocycles. The molecular weight excluding hydrogens is 277 g/mol. The maximum Gasteiger partial charge on any atom is 0.573 e. The maximum absolute atomic E-state index is 12.3. The van der Waals surface area contributed by atoms with Crippen molar-refractivity contribution in [3.8, 4) is 11.5 Å². The second-order valence-electron chi connectivity index (χ2n) is 4.16. The molecule has 0 N–H and O–H groups in total. The van der Waals surface area contributed by atoms with E-state index in [1.807, 2.05) is 6.08 Å². The van der Waals surface area contributed by atoms with Crippen LogP contribution in [0.4, 0.5) is 13.2 Å². The van der Waals surface area contributed by atoms with Crippen LogP contribution in [0.2, 0.25) is 0 Å². The Morgan fingerprint density at radius 3 is 2.60 bits per heavy atom. The van der Waals surface area contributed by atoms with Gasteiger partial charge >= 0.3 is 6.36 Å². The predicted octanol–water partition coefficient (Wildman–Crippen LogP) is 2.05. The van der Waals surface area contributed by atoms with Gasteiger partial charge in [-0.25, -0.2) is 0 Å². The lowest BCUT2D eigenvalue weighted by atomic mass is 10.2.